The molecule has 0 spiro atoms. The van der Waals surface area contributed by atoms with E-state index in [0.717, 1.165) is 12.1 Å². The number of fused-ring (bicyclic) bond motifs is 2. The third-order valence-corrected chi connectivity index (χ3v) is 4.46. The van der Waals surface area contributed by atoms with Crippen LogP contribution in [0.25, 0.3) is 0 Å². The molecule has 0 N–H and O–H groups in total. The first-order valence-electron chi connectivity index (χ1n) is 7.96. The zero-order valence-corrected chi connectivity index (χ0v) is 13.5. The summed E-state index contributed by atoms with van der Waals surface area (Å²) in [5.41, 5.74) is 6.56. The molecule has 0 unspecified atom stereocenters. The maximum absolute atomic E-state index is 9.15. The van der Waals surface area contributed by atoms with E-state index in [1.165, 1.54) is 22.7 Å². The third kappa shape index (κ3) is 2.29. The van der Waals surface area contributed by atoms with E-state index in [4.69, 9.17) is 5.26 Å². The van der Waals surface area contributed by atoms with E-state index in [0.29, 0.717) is 5.56 Å². The van der Waals surface area contributed by atoms with Crippen molar-refractivity contribution in [3.8, 4) is 6.07 Å². The van der Waals surface area contributed by atoms with Gasteiger partial charge in [-0.15, -0.1) is 0 Å². The van der Waals surface area contributed by atoms with E-state index in [-0.39, 0.29) is 0 Å². The van der Waals surface area contributed by atoms with Crippen LogP contribution in [0.1, 0.15) is 11.1 Å². The van der Waals surface area contributed by atoms with E-state index < -0.39 is 0 Å². The average Bonchev–Trinajstić information content (AvgIpc) is 2.65. The third-order valence-electron chi connectivity index (χ3n) is 4.46. The molecule has 116 valence electrons. The maximum Gasteiger partial charge on any atom is 0.0991 e. The summed E-state index contributed by atoms with van der Waals surface area (Å²) in [5, 5.41) is 9.15. The van der Waals surface area contributed by atoms with Crippen LogP contribution in [0, 0.1) is 11.3 Å². The second-order valence-electron chi connectivity index (χ2n) is 5.93. The minimum Gasteiger partial charge on any atom is -0.341 e. The second-order valence-corrected chi connectivity index (χ2v) is 5.93. The van der Waals surface area contributed by atoms with Crippen molar-refractivity contribution in [2.75, 3.05) is 16.8 Å². The molecule has 0 amide bonds. The predicted molar refractivity (Wildman–Crippen MR) is 97.9 cm³/mol. The number of nitriles is 1. The number of anilines is 4. The van der Waals surface area contributed by atoms with Crippen LogP contribution in [0.2, 0.25) is 0 Å². The van der Waals surface area contributed by atoms with Gasteiger partial charge in [0, 0.05) is 13.6 Å². The van der Waals surface area contributed by atoms with Gasteiger partial charge in [-0.1, -0.05) is 36.4 Å². The topological polar surface area (TPSA) is 30.3 Å². The first-order valence-corrected chi connectivity index (χ1v) is 7.96. The summed E-state index contributed by atoms with van der Waals surface area (Å²) in [7, 11) is 2.10. The Labute approximate surface area is 142 Å². The highest BCUT2D eigenvalue weighted by Gasteiger charge is 2.25. The lowest BCUT2D eigenvalue weighted by molar-refractivity contribution is 0.949. The van der Waals surface area contributed by atoms with Crippen molar-refractivity contribution in [1.29, 1.82) is 5.26 Å². The molecular weight excluding hydrogens is 294 g/mol. The Hall–Kier alpha value is -3.25. The van der Waals surface area contributed by atoms with Crippen molar-refractivity contribution in [3.63, 3.8) is 0 Å². The Bertz CT molecular complexity index is 892. The molecule has 3 nitrogen and oxygen atoms in total. The Morgan fingerprint density at radius 1 is 0.792 bits per heavy atom. The van der Waals surface area contributed by atoms with Gasteiger partial charge < -0.3 is 9.80 Å². The molecule has 0 bridgehead atoms. The fourth-order valence-corrected chi connectivity index (χ4v) is 3.30. The van der Waals surface area contributed by atoms with Gasteiger partial charge in [-0.25, -0.2) is 0 Å². The molecule has 0 saturated carbocycles. The number of para-hydroxylation sites is 4. The number of nitrogens with zero attached hydrogens (tertiary/aromatic N) is 3. The van der Waals surface area contributed by atoms with E-state index in [9.17, 15) is 0 Å². The summed E-state index contributed by atoms with van der Waals surface area (Å²) in [6, 6.07) is 26.9. The molecule has 0 aromatic heterocycles. The molecule has 3 aromatic rings. The summed E-state index contributed by atoms with van der Waals surface area (Å²) < 4.78 is 0. The summed E-state index contributed by atoms with van der Waals surface area (Å²) in [5.74, 6) is 0. The Balaban J connectivity index is 1.83. The lowest BCUT2D eigenvalue weighted by Crippen LogP contribution is -2.26. The van der Waals surface area contributed by atoms with E-state index >= 15 is 0 Å². The zero-order chi connectivity index (χ0) is 16.5. The quantitative estimate of drug-likeness (QED) is 0.669. The van der Waals surface area contributed by atoms with E-state index in [1.54, 1.807) is 0 Å². The Morgan fingerprint density at radius 3 is 1.96 bits per heavy atom. The first-order chi connectivity index (χ1) is 11.8. The summed E-state index contributed by atoms with van der Waals surface area (Å²) in [6.45, 7) is 0.734. The predicted octanol–water partition coefficient (Wildman–Crippen LogP) is 4.98. The van der Waals surface area contributed by atoms with Gasteiger partial charge in [-0.2, -0.15) is 5.26 Å². The molecular formula is C21H17N3. The highest BCUT2D eigenvalue weighted by Crippen LogP contribution is 2.47. The van der Waals surface area contributed by atoms with Crippen LogP contribution >= 0.6 is 0 Å². The molecule has 0 fully saturated rings. The molecule has 1 aliphatic rings. The van der Waals surface area contributed by atoms with E-state index in [2.05, 4.69) is 77.5 Å². The number of rotatable bonds is 2. The first kappa shape index (κ1) is 14.3. The van der Waals surface area contributed by atoms with Crippen molar-refractivity contribution in [2.45, 2.75) is 6.54 Å². The van der Waals surface area contributed by atoms with Crippen molar-refractivity contribution < 1.29 is 0 Å². The van der Waals surface area contributed by atoms with Gasteiger partial charge in [0.2, 0.25) is 0 Å². The monoisotopic (exact) mass is 311 g/mol. The summed E-state index contributed by atoms with van der Waals surface area (Å²) in [4.78, 5) is 4.55. The Morgan fingerprint density at radius 2 is 1.38 bits per heavy atom. The second kappa shape index (κ2) is 5.75. The maximum atomic E-state index is 9.15. The number of hydrogen-bond acceptors (Lipinski definition) is 3. The highest BCUT2D eigenvalue weighted by atomic mass is 15.3. The van der Waals surface area contributed by atoms with Gasteiger partial charge in [-0.05, 0) is 42.0 Å². The minimum absolute atomic E-state index is 0.697. The lowest BCUT2D eigenvalue weighted by Gasteiger charge is -2.38. The Kier molecular flexibility index (Phi) is 3.44. The summed E-state index contributed by atoms with van der Waals surface area (Å²) in [6.07, 6.45) is 0. The van der Waals surface area contributed by atoms with Crippen LogP contribution in [0.5, 0.6) is 0 Å². The van der Waals surface area contributed by atoms with Gasteiger partial charge in [0.05, 0.1) is 34.4 Å². The van der Waals surface area contributed by atoms with Gasteiger partial charge in [0.15, 0.2) is 0 Å². The smallest absolute Gasteiger partial charge is 0.0991 e. The number of benzene rings is 3. The fourth-order valence-electron chi connectivity index (χ4n) is 3.30. The van der Waals surface area contributed by atoms with Crippen molar-refractivity contribution >= 4 is 22.7 Å². The average molecular weight is 311 g/mol. The zero-order valence-electron chi connectivity index (χ0n) is 13.5. The van der Waals surface area contributed by atoms with E-state index in [1.807, 2.05) is 18.2 Å². The molecule has 0 radical (unpaired) electrons. The molecule has 3 heteroatoms. The van der Waals surface area contributed by atoms with Crippen LogP contribution in [0.15, 0.2) is 72.8 Å². The SMILES string of the molecule is CN1c2ccccc2N(Cc2cccc(C#N)c2)c2ccccc21. The number of hydrogen-bond donors (Lipinski definition) is 0. The van der Waals surface area contributed by atoms with Crippen molar-refractivity contribution in [3.05, 3.63) is 83.9 Å². The molecule has 0 atom stereocenters. The molecule has 24 heavy (non-hydrogen) atoms. The fraction of sp³-hybridized carbons (Fsp3) is 0.0952. The normalized spacial score (nSPS) is 12.3. The molecule has 0 saturated heterocycles. The van der Waals surface area contributed by atoms with Crippen LogP contribution in [0.3, 0.4) is 0 Å². The minimum atomic E-state index is 0.697. The molecule has 0 aliphatic carbocycles. The van der Waals surface area contributed by atoms with Crippen LogP contribution in [-0.2, 0) is 6.54 Å². The molecule has 4 rings (SSSR count). The van der Waals surface area contributed by atoms with Crippen molar-refractivity contribution in [1.82, 2.24) is 0 Å². The van der Waals surface area contributed by atoms with Gasteiger partial charge in [0.25, 0.3) is 0 Å². The van der Waals surface area contributed by atoms with Gasteiger partial charge in [-0.3, -0.25) is 0 Å². The molecule has 3 aromatic carbocycles. The van der Waals surface area contributed by atoms with Gasteiger partial charge >= 0.3 is 0 Å². The largest absolute Gasteiger partial charge is 0.341 e. The van der Waals surface area contributed by atoms with Gasteiger partial charge in [0.1, 0.15) is 0 Å². The molecule has 1 aliphatic heterocycles. The highest BCUT2D eigenvalue weighted by molar-refractivity contribution is 5.92. The van der Waals surface area contributed by atoms with Crippen LogP contribution in [-0.4, -0.2) is 7.05 Å². The summed E-state index contributed by atoms with van der Waals surface area (Å²) >= 11 is 0. The van der Waals surface area contributed by atoms with Crippen LogP contribution in [0.4, 0.5) is 22.7 Å². The van der Waals surface area contributed by atoms with Crippen molar-refractivity contribution in [2.24, 2.45) is 0 Å². The molecule has 1 heterocycles. The van der Waals surface area contributed by atoms with Crippen LogP contribution < -0.4 is 9.80 Å². The standard InChI is InChI=1S/C21H17N3/c1-23-18-9-2-4-11-20(18)24(21-12-5-3-10-19(21)23)15-17-8-6-7-16(13-17)14-22/h2-13H,15H2,1H3. The lowest BCUT2D eigenvalue weighted by atomic mass is 10.1.